The lowest BCUT2D eigenvalue weighted by Crippen LogP contribution is -2.32. The molecule has 0 fully saturated rings. The second-order valence-electron chi connectivity index (χ2n) is 4.40. The number of unbranched alkanes of at least 4 members (excludes halogenated alkanes) is 1. The van der Waals surface area contributed by atoms with Crippen LogP contribution in [-0.2, 0) is 4.74 Å². The maximum absolute atomic E-state index is 12.5. The van der Waals surface area contributed by atoms with Gasteiger partial charge in [0.15, 0.2) is 0 Å². The Kier molecular flexibility index (Phi) is 6.56. The Hall–Kier alpha value is -2.04. The number of nitrogens with one attached hydrogen (secondary N) is 1. The summed E-state index contributed by atoms with van der Waals surface area (Å²) in [6.07, 6.45) is 1.42. The van der Waals surface area contributed by atoms with Gasteiger partial charge in [-0.1, -0.05) is 25.5 Å². The number of amides is 2. The molecule has 5 nitrogen and oxygen atoms in total. The van der Waals surface area contributed by atoms with Crippen molar-refractivity contribution in [1.29, 1.82) is 0 Å². The zero-order valence-corrected chi connectivity index (χ0v) is 12.3. The molecule has 1 N–H and O–H groups in total. The van der Waals surface area contributed by atoms with Crippen molar-refractivity contribution in [3.05, 3.63) is 29.8 Å². The van der Waals surface area contributed by atoms with Crippen LogP contribution in [0.1, 0.15) is 37.0 Å². The summed E-state index contributed by atoms with van der Waals surface area (Å²) in [5.41, 5.74) is 0.954. The molecule has 0 aliphatic heterocycles. The largest absolute Gasteiger partial charge is 0.453 e. The standard InChI is InChI=1S/C15H22N2O3/c1-4-6-11-17(5-2)14(18)12-9-7-8-10-13(12)16-15(19)20-3/h7-10H,4-6,11H2,1-3H3,(H,16,19). The molecule has 20 heavy (non-hydrogen) atoms. The molecule has 0 bridgehead atoms. The van der Waals surface area contributed by atoms with Gasteiger partial charge in [0.05, 0.1) is 18.4 Å². The lowest BCUT2D eigenvalue weighted by atomic mass is 10.1. The molecule has 0 heterocycles. The fourth-order valence-electron chi connectivity index (χ4n) is 1.86. The summed E-state index contributed by atoms with van der Waals surface area (Å²) in [5.74, 6) is -0.0760. The van der Waals surface area contributed by atoms with E-state index >= 15 is 0 Å². The van der Waals surface area contributed by atoms with Gasteiger partial charge in [-0.25, -0.2) is 4.79 Å². The highest BCUT2D eigenvalue weighted by Crippen LogP contribution is 2.18. The fourth-order valence-corrected chi connectivity index (χ4v) is 1.86. The van der Waals surface area contributed by atoms with E-state index in [1.807, 2.05) is 6.92 Å². The molecule has 0 saturated heterocycles. The van der Waals surface area contributed by atoms with Crippen molar-refractivity contribution < 1.29 is 14.3 Å². The lowest BCUT2D eigenvalue weighted by Gasteiger charge is -2.22. The first-order valence-corrected chi connectivity index (χ1v) is 6.87. The van der Waals surface area contributed by atoms with Crippen LogP contribution in [0.15, 0.2) is 24.3 Å². The molecular formula is C15H22N2O3. The molecule has 0 aromatic heterocycles. The van der Waals surface area contributed by atoms with Gasteiger partial charge in [-0.3, -0.25) is 10.1 Å². The predicted octanol–water partition coefficient (Wildman–Crippen LogP) is 3.13. The van der Waals surface area contributed by atoms with E-state index in [1.165, 1.54) is 7.11 Å². The maximum atomic E-state index is 12.5. The molecule has 0 radical (unpaired) electrons. The minimum atomic E-state index is -0.582. The molecule has 110 valence electrons. The van der Waals surface area contributed by atoms with Crippen molar-refractivity contribution >= 4 is 17.7 Å². The summed E-state index contributed by atoms with van der Waals surface area (Å²) in [4.78, 5) is 25.6. The summed E-state index contributed by atoms with van der Waals surface area (Å²) in [5, 5.41) is 2.57. The first-order chi connectivity index (χ1) is 9.63. The molecule has 1 rings (SSSR count). The van der Waals surface area contributed by atoms with Crippen molar-refractivity contribution in [1.82, 2.24) is 4.90 Å². The minimum absolute atomic E-state index is 0.0760. The molecule has 1 aromatic rings. The van der Waals surface area contributed by atoms with Gasteiger partial charge in [0.25, 0.3) is 5.91 Å². The zero-order valence-electron chi connectivity index (χ0n) is 12.3. The van der Waals surface area contributed by atoms with Crippen LogP contribution in [0.4, 0.5) is 10.5 Å². The first-order valence-electron chi connectivity index (χ1n) is 6.87. The van der Waals surface area contributed by atoms with Crippen LogP contribution in [0.3, 0.4) is 0 Å². The smallest absolute Gasteiger partial charge is 0.411 e. The van der Waals surface area contributed by atoms with Crippen LogP contribution in [0, 0.1) is 0 Å². The van der Waals surface area contributed by atoms with Crippen molar-refractivity contribution in [2.24, 2.45) is 0 Å². The fraction of sp³-hybridized carbons (Fsp3) is 0.467. The number of para-hydroxylation sites is 1. The summed E-state index contributed by atoms with van der Waals surface area (Å²) in [6, 6.07) is 6.95. The van der Waals surface area contributed by atoms with Crippen molar-refractivity contribution in [2.75, 3.05) is 25.5 Å². The van der Waals surface area contributed by atoms with Crippen LogP contribution in [0.25, 0.3) is 0 Å². The van der Waals surface area contributed by atoms with E-state index in [4.69, 9.17) is 0 Å². The van der Waals surface area contributed by atoms with Gasteiger partial charge in [0.2, 0.25) is 0 Å². The number of carbonyl (C=O) groups excluding carboxylic acids is 2. The van der Waals surface area contributed by atoms with Crippen molar-refractivity contribution in [3.8, 4) is 0 Å². The number of hydrogen-bond acceptors (Lipinski definition) is 3. The third kappa shape index (κ3) is 4.26. The highest BCUT2D eigenvalue weighted by atomic mass is 16.5. The molecule has 1 aromatic carbocycles. The highest BCUT2D eigenvalue weighted by Gasteiger charge is 2.18. The molecular weight excluding hydrogens is 256 g/mol. The Bertz CT molecular complexity index is 460. The van der Waals surface area contributed by atoms with E-state index < -0.39 is 6.09 Å². The Balaban J connectivity index is 2.93. The molecule has 0 atom stereocenters. The van der Waals surface area contributed by atoms with Gasteiger partial charge in [0.1, 0.15) is 0 Å². The van der Waals surface area contributed by atoms with E-state index in [-0.39, 0.29) is 5.91 Å². The van der Waals surface area contributed by atoms with Crippen LogP contribution < -0.4 is 5.32 Å². The van der Waals surface area contributed by atoms with Gasteiger partial charge in [-0.15, -0.1) is 0 Å². The number of carbonyl (C=O) groups is 2. The van der Waals surface area contributed by atoms with E-state index in [0.29, 0.717) is 17.8 Å². The number of benzene rings is 1. The molecule has 0 aliphatic carbocycles. The van der Waals surface area contributed by atoms with Gasteiger partial charge < -0.3 is 9.64 Å². The normalized spacial score (nSPS) is 9.95. The second-order valence-corrected chi connectivity index (χ2v) is 4.40. The van der Waals surface area contributed by atoms with Crippen LogP contribution in [0.5, 0.6) is 0 Å². The number of methoxy groups -OCH3 is 1. The van der Waals surface area contributed by atoms with Gasteiger partial charge in [-0.2, -0.15) is 0 Å². The molecule has 5 heteroatoms. The Labute approximate surface area is 119 Å². The summed E-state index contributed by atoms with van der Waals surface area (Å²) >= 11 is 0. The molecule has 0 spiro atoms. The molecule has 0 unspecified atom stereocenters. The second kappa shape index (κ2) is 8.19. The Morgan fingerprint density at radius 2 is 1.95 bits per heavy atom. The SMILES string of the molecule is CCCCN(CC)C(=O)c1ccccc1NC(=O)OC. The number of hydrogen-bond donors (Lipinski definition) is 1. The number of anilines is 1. The quantitative estimate of drug-likeness (QED) is 0.869. The van der Waals surface area contributed by atoms with Crippen LogP contribution in [0.2, 0.25) is 0 Å². The Morgan fingerprint density at radius 3 is 2.55 bits per heavy atom. The van der Waals surface area contributed by atoms with Crippen molar-refractivity contribution in [2.45, 2.75) is 26.7 Å². The molecule has 2 amide bonds. The van der Waals surface area contributed by atoms with Gasteiger partial charge in [0, 0.05) is 13.1 Å². The average Bonchev–Trinajstić information content (AvgIpc) is 2.48. The lowest BCUT2D eigenvalue weighted by molar-refractivity contribution is 0.0763. The summed E-state index contributed by atoms with van der Waals surface area (Å²) in [7, 11) is 1.29. The monoisotopic (exact) mass is 278 g/mol. The molecule has 0 aliphatic rings. The number of ether oxygens (including phenoxy) is 1. The van der Waals surface area contributed by atoms with E-state index in [0.717, 1.165) is 19.4 Å². The topological polar surface area (TPSA) is 58.6 Å². The van der Waals surface area contributed by atoms with E-state index in [2.05, 4.69) is 17.0 Å². The van der Waals surface area contributed by atoms with E-state index in [9.17, 15) is 9.59 Å². The highest BCUT2D eigenvalue weighted by molar-refractivity contribution is 6.02. The number of nitrogens with zero attached hydrogens (tertiary/aromatic N) is 1. The van der Waals surface area contributed by atoms with Crippen LogP contribution >= 0.6 is 0 Å². The third-order valence-corrected chi connectivity index (χ3v) is 3.03. The number of rotatable bonds is 6. The van der Waals surface area contributed by atoms with E-state index in [1.54, 1.807) is 29.2 Å². The zero-order chi connectivity index (χ0) is 15.0. The first kappa shape index (κ1) is 16.0. The third-order valence-electron chi connectivity index (χ3n) is 3.03. The molecule has 0 saturated carbocycles. The Morgan fingerprint density at radius 1 is 1.25 bits per heavy atom. The summed E-state index contributed by atoms with van der Waals surface area (Å²) in [6.45, 7) is 5.40. The average molecular weight is 278 g/mol. The van der Waals surface area contributed by atoms with Crippen LogP contribution in [-0.4, -0.2) is 37.1 Å². The minimum Gasteiger partial charge on any atom is -0.453 e. The predicted molar refractivity (Wildman–Crippen MR) is 79.0 cm³/mol. The van der Waals surface area contributed by atoms with Crippen molar-refractivity contribution in [3.63, 3.8) is 0 Å². The maximum Gasteiger partial charge on any atom is 0.411 e. The summed E-state index contributed by atoms with van der Waals surface area (Å²) < 4.78 is 4.57. The van der Waals surface area contributed by atoms with Gasteiger partial charge >= 0.3 is 6.09 Å². The van der Waals surface area contributed by atoms with Gasteiger partial charge in [-0.05, 0) is 25.5 Å².